The average molecular weight is 819 g/mol. The Morgan fingerprint density at radius 1 is 0.413 bits per heavy atom. The number of rotatable bonds is 9. The Bertz CT molecular complexity index is 2790. The van der Waals surface area contributed by atoms with Crippen LogP contribution in [-0.2, 0) is 10.8 Å². The number of nitrogens with zero attached hydrogens (tertiary/aromatic N) is 2. The van der Waals surface area contributed by atoms with Crippen LogP contribution in [0.5, 0.6) is 0 Å². The lowest BCUT2D eigenvalue weighted by Crippen LogP contribution is -2.36. The fourth-order valence-corrected chi connectivity index (χ4v) is 11.0. The molecule has 1 fully saturated rings. The number of anilines is 6. The van der Waals surface area contributed by atoms with E-state index in [9.17, 15) is 0 Å². The molecule has 8 aromatic carbocycles. The molecule has 0 N–H and O–H groups in total. The number of hydrogen-bond donors (Lipinski definition) is 0. The van der Waals surface area contributed by atoms with Crippen LogP contribution in [0.2, 0.25) is 0 Å². The summed E-state index contributed by atoms with van der Waals surface area (Å²) in [6.45, 7) is 12.0. The highest BCUT2D eigenvalue weighted by molar-refractivity contribution is 5.90. The molecule has 0 bridgehead atoms. The predicted octanol–water partition coefficient (Wildman–Crippen LogP) is 17.1. The summed E-state index contributed by atoms with van der Waals surface area (Å²) in [5, 5.41) is 0. The molecule has 0 amide bonds. The Hall–Kier alpha value is -6.64. The van der Waals surface area contributed by atoms with Crippen LogP contribution in [0.15, 0.2) is 206 Å². The molecule has 63 heavy (non-hydrogen) atoms. The SMILES string of the molecule is CC1(C)c2ccccc2-c2ccc(N(c3ccc(C4(c5ccc(N(c6ccccc6)c6ccccc6)cc5)CCC(C(C)(C)C)CC4)cc3)c3ccccc3-c3ccccc3)cc21. The lowest BCUT2D eigenvalue weighted by Gasteiger charge is -2.45. The molecule has 0 heterocycles. The third-order valence-electron chi connectivity index (χ3n) is 14.5. The van der Waals surface area contributed by atoms with Gasteiger partial charge in [-0.2, -0.15) is 0 Å². The smallest absolute Gasteiger partial charge is 0.0540 e. The topological polar surface area (TPSA) is 6.48 Å². The van der Waals surface area contributed by atoms with Crippen molar-refractivity contribution >= 4 is 34.1 Å². The fraction of sp³-hybridized carbons (Fsp3) is 0.213. The molecular weight excluding hydrogens is 761 g/mol. The van der Waals surface area contributed by atoms with Crippen molar-refractivity contribution in [2.45, 2.75) is 71.1 Å². The number of para-hydroxylation sites is 3. The lowest BCUT2D eigenvalue weighted by atomic mass is 9.59. The van der Waals surface area contributed by atoms with E-state index in [2.05, 4.69) is 251 Å². The minimum Gasteiger partial charge on any atom is -0.311 e. The van der Waals surface area contributed by atoms with E-state index in [1.807, 2.05) is 0 Å². The number of benzene rings is 8. The van der Waals surface area contributed by atoms with Crippen molar-refractivity contribution in [2.75, 3.05) is 9.80 Å². The molecule has 0 aromatic heterocycles. The Kier molecular flexibility index (Phi) is 10.4. The third-order valence-corrected chi connectivity index (χ3v) is 14.5. The zero-order valence-electron chi connectivity index (χ0n) is 37.4. The van der Waals surface area contributed by atoms with Gasteiger partial charge in [0.25, 0.3) is 0 Å². The summed E-state index contributed by atoms with van der Waals surface area (Å²) in [5.41, 5.74) is 17.7. The quantitative estimate of drug-likeness (QED) is 0.143. The second-order valence-corrected chi connectivity index (χ2v) is 19.4. The van der Waals surface area contributed by atoms with E-state index in [0.29, 0.717) is 5.92 Å². The molecule has 2 nitrogen and oxygen atoms in total. The van der Waals surface area contributed by atoms with E-state index in [4.69, 9.17) is 0 Å². The first-order valence-electron chi connectivity index (χ1n) is 22.9. The van der Waals surface area contributed by atoms with Crippen LogP contribution in [0.4, 0.5) is 34.1 Å². The molecular formula is C61H58N2. The van der Waals surface area contributed by atoms with Gasteiger partial charge in [0.2, 0.25) is 0 Å². The average Bonchev–Trinajstić information content (AvgIpc) is 3.55. The number of fused-ring (bicyclic) bond motifs is 3. The van der Waals surface area contributed by atoms with Crippen molar-refractivity contribution in [3.63, 3.8) is 0 Å². The van der Waals surface area contributed by atoms with Crippen LogP contribution in [-0.4, -0.2) is 0 Å². The summed E-state index contributed by atoms with van der Waals surface area (Å²) in [6, 6.07) is 76.5. The van der Waals surface area contributed by atoms with Crippen LogP contribution in [0, 0.1) is 11.3 Å². The summed E-state index contributed by atoms with van der Waals surface area (Å²) in [6.07, 6.45) is 4.65. The highest BCUT2D eigenvalue weighted by Gasteiger charge is 2.42. The zero-order chi connectivity index (χ0) is 43.2. The summed E-state index contributed by atoms with van der Waals surface area (Å²) < 4.78 is 0. The first-order valence-corrected chi connectivity index (χ1v) is 22.9. The summed E-state index contributed by atoms with van der Waals surface area (Å²) in [4.78, 5) is 4.85. The Balaban J connectivity index is 1.08. The minimum absolute atomic E-state index is 0.0979. The molecule has 0 radical (unpaired) electrons. The van der Waals surface area contributed by atoms with E-state index >= 15 is 0 Å². The van der Waals surface area contributed by atoms with Gasteiger partial charge in [0.1, 0.15) is 0 Å². The van der Waals surface area contributed by atoms with Gasteiger partial charge in [0, 0.05) is 44.8 Å². The monoisotopic (exact) mass is 818 g/mol. The van der Waals surface area contributed by atoms with Gasteiger partial charge in [-0.05, 0) is 143 Å². The van der Waals surface area contributed by atoms with Crippen molar-refractivity contribution in [3.8, 4) is 22.3 Å². The maximum atomic E-state index is 2.49. The van der Waals surface area contributed by atoms with E-state index in [-0.39, 0.29) is 16.2 Å². The van der Waals surface area contributed by atoms with Gasteiger partial charge < -0.3 is 9.80 Å². The zero-order valence-corrected chi connectivity index (χ0v) is 37.4. The van der Waals surface area contributed by atoms with E-state index in [1.54, 1.807) is 0 Å². The largest absolute Gasteiger partial charge is 0.311 e. The molecule has 0 atom stereocenters. The first kappa shape index (κ1) is 40.4. The molecule has 2 aliphatic rings. The molecule has 0 unspecified atom stereocenters. The third kappa shape index (κ3) is 7.36. The molecule has 2 aliphatic carbocycles. The molecule has 10 rings (SSSR count). The van der Waals surface area contributed by atoms with Crippen molar-refractivity contribution in [1.29, 1.82) is 0 Å². The maximum Gasteiger partial charge on any atom is 0.0540 e. The van der Waals surface area contributed by atoms with Gasteiger partial charge in [-0.1, -0.05) is 174 Å². The first-order chi connectivity index (χ1) is 30.6. The molecule has 312 valence electrons. The maximum absolute atomic E-state index is 2.49. The van der Waals surface area contributed by atoms with Crippen LogP contribution in [0.1, 0.15) is 82.6 Å². The van der Waals surface area contributed by atoms with Crippen molar-refractivity contribution < 1.29 is 0 Å². The Morgan fingerprint density at radius 3 is 1.43 bits per heavy atom. The van der Waals surface area contributed by atoms with Crippen LogP contribution < -0.4 is 9.80 Å². The van der Waals surface area contributed by atoms with E-state index in [0.717, 1.165) is 29.9 Å². The molecule has 0 spiro atoms. The molecule has 2 heteroatoms. The highest BCUT2D eigenvalue weighted by atomic mass is 15.1. The van der Waals surface area contributed by atoms with E-state index in [1.165, 1.54) is 74.4 Å². The van der Waals surface area contributed by atoms with Crippen molar-refractivity contribution in [2.24, 2.45) is 11.3 Å². The van der Waals surface area contributed by atoms with Crippen molar-refractivity contribution in [3.05, 3.63) is 229 Å². The standard InChI is InChI=1S/C61H58N2/c1-59(2,3)45-39-41-61(42-40-45,46-29-33-50(34-30-46)62(48-21-11-7-12-22-48)49-23-13-8-14-24-49)47-31-35-51(36-32-47)63(58-28-18-16-25-53(58)44-19-9-6-10-20-44)52-37-38-55-54-26-15-17-27-56(54)60(4,5)57(55)43-52/h6-38,43,45H,39-42H2,1-5H3. The second-order valence-electron chi connectivity index (χ2n) is 19.4. The van der Waals surface area contributed by atoms with Gasteiger partial charge >= 0.3 is 0 Å². The van der Waals surface area contributed by atoms with E-state index < -0.39 is 0 Å². The predicted molar refractivity (Wildman–Crippen MR) is 267 cm³/mol. The van der Waals surface area contributed by atoms with Crippen LogP contribution in [0.3, 0.4) is 0 Å². The highest BCUT2D eigenvalue weighted by Crippen LogP contribution is 2.53. The molecule has 1 saturated carbocycles. The minimum atomic E-state index is -0.108. The van der Waals surface area contributed by atoms with Crippen LogP contribution in [0.25, 0.3) is 22.3 Å². The van der Waals surface area contributed by atoms with Gasteiger partial charge in [-0.3, -0.25) is 0 Å². The Labute approximate surface area is 375 Å². The summed E-state index contributed by atoms with van der Waals surface area (Å²) in [5.74, 6) is 0.691. The van der Waals surface area contributed by atoms with Gasteiger partial charge in [-0.25, -0.2) is 0 Å². The van der Waals surface area contributed by atoms with Gasteiger partial charge in [0.05, 0.1) is 5.69 Å². The fourth-order valence-electron chi connectivity index (χ4n) is 11.0. The summed E-state index contributed by atoms with van der Waals surface area (Å²) in [7, 11) is 0. The lowest BCUT2D eigenvalue weighted by molar-refractivity contribution is 0.146. The Morgan fingerprint density at radius 2 is 0.857 bits per heavy atom. The van der Waals surface area contributed by atoms with Crippen molar-refractivity contribution in [1.82, 2.24) is 0 Å². The van der Waals surface area contributed by atoms with Gasteiger partial charge in [-0.15, -0.1) is 0 Å². The molecule has 8 aromatic rings. The molecule has 0 saturated heterocycles. The molecule has 0 aliphatic heterocycles. The summed E-state index contributed by atoms with van der Waals surface area (Å²) >= 11 is 0. The van der Waals surface area contributed by atoms with Gasteiger partial charge in [0.15, 0.2) is 0 Å². The number of hydrogen-bond acceptors (Lipinski definition) is 2. The second kappa shape index (κ2) is 16.2. The van der Waals surface area contributed by atoms with Crippen LogP contribution >= 0.6 is 0 Å². The normalized spacial score (nSPS) is 17.7.